The van der Waals surface area contributed by atoms with Crippen LogP contribution in [0.1, 0.15) is 20.8 Å². The van der Waals surface area contributed by atoms with Crippen LogP contribution in [0.2, 0.25) is 0 Å². The number of ether oxygens (including phenoxy) is 6. The Kier molecular flexibility index (Phi) is 6.11. The third kappa shape index (κ3) is 4.51. The smallest absolute Gasteiger partial charge is 0.303 e. The van der Waals surface area contributed by atoms with Crippen molar-refractivity contribution in [3.8, 4) is 0 Å². The zero-order valence-corrected chi connectivity index (χ0v) is 13.4. The number of esters is 2. The third-order valence-corrected chi connectivity index (χ3v) is 3.42. The Hall–Kier alpha value is -1.48. The van der Waals surface area contributed by atoms with Crippen LogP contribution in [-0.4, -0.2) is 62.1 Å². The highest BCUT2D eigenvalue weighted by Gasteiger charge is 2.53. The summed E-state index contributed by atoms with van der Waals surface area (Å²) in [5, 5.41) is 0. The first kappa shape index (κ1) is 17.9. The van der Waals surface area contributed by atoms with Crippen molar-refractivity contribution in [2.24, 2.45) is 0 Å². The van der Waals surface area contributed by atoms with Crippen LogP contribution in [0, 0.1) is 0 Å². The van der Waals surface area contributed by atoms with Crippen molar-refractivity contribution in [1.29, 1.82) is 0 Å². The monoisotopic (exact) mass is 330 g/mol. The maximum absolute atomic E-state index is 11.5. The average Bonchev–Trinajstić information content (AvgIpc) is 2.47. The standard InChI is InChI=1S/C15H22O8/c1-5-6-18-15-14(21-9(3)17)13(20-8(2)16)12-11(23-15)7-19-10(4)22-12/h5,10-15H,1,6-7H2,2-4H3/t10?,11-,12-,13+,14-,15-/m1/s1. The van der Waals surface area contributed by atoms with Gasteiger partial charge < -0.3 is 28.4 Å². The Balaban J connectivity index is 2.25. The van der Waals surface area contributed by atoms with Gasteiger partial charge in [-0.15, -0.1) is 6.58 Å². The summed E-state index contributed by atoms with van der Waals surface area (Å²) in [6.07, 6.45) is -2.77. The van der Waals surface area contributed by atoms with Crippen molar-refractivity contribution in [3.63, 3.8) is 0 Å². The lowest BCUT2D eigenvalue weighted by molar-refractivity contribution is -0.356. The summed E-state index contributed by atoms with van der Waals surface area (Å²) < 4.78 is 33.0. The van der Waals surface area contributed by atoms with Gasteiger partial charge in [-0.2, -0.15) is 0 Å². The second kappa shape index (κ2) is 7.87. The highest BCUT2D eigenvalue weighted by Crippen LogP contribution is 2.32. The summed E-state index contributed by atoms with van der Waals surface area (Å²) in [6, 6.07) is 0. The molecule has 0 bridgehead atoms. The number of rotatable bonds is 5. The summed E-state index contributed by atoms with van der Waals surface area (Å²) in [4.78, 5) is 22.9. The van der Waals surface area contributed by atoms with Crippen LogP contribution in [0.15, 0.2) is 12.7 Å². The first-order valence-electron chi connectivity index (χ1n) is 7.41. The number of fused-ring (bicyclic) bond motifs is 1. The topological polar surface area (TPSA) is 89.5 Å². The Morgan fingerprint density at radius 3 is 2.43 bits per heavy atom. The van der Waals surface area contributed by atoms with Crippen LogP contribution in [-0.2, 0) is 38.0 Å². The lowest BCUT2D eigenvalue weighted by Gasteiger charge is -2.47. The van der Waals surface area contributed by atoms with E-state index >= 15 is 0 Å². The Morgan fingerprint density at radius 1 is 1.17 bits per heavy atom. The average molecular weight is 330 g/mol. The van der Waals surface area contributed by atoms with E-state index in [9.17, 15) is 9.59 Å². The lowest BCUT2D eigenvalue weighted by Crippen LogP contribution is -2.64. The maximum Gasteiger partial charge on any atom is 0.303 e. The summed E-state index contributed by atoms with van der Waals surface area (Å²) in [6.45, 7) is 8.27. The van der Waals surface area contributed by atoms with Crippen molar-refractivity contribution in [2.75, 3.05) is 13.2 Å². The van der Waals surface area contributed by atoms with E-state index in [1.165, 1.54) is 19.9 Å². The number of carbonyl (C=O) groups excluding carboxylic acids is 2. The van der Waals surface area contributed by atoms with E-state index in [1.54, 1.807) is 6.92 Å². The number of hydrogen-bond donors (Lipinski definition) is 0. The molecule has 8 nitrogen and oxygen atoms in total. The molecule has 2 aliphatic heterocycles. The van der Waals surface area contributed by atoms with E-state index < -0.39 is 48.9 Å². The minimum atomic E-state index is -0.942. The van der Waals surface area contributed by atoms with Crippen LogP contribution in [0.5, 0.6) is 0 Å². The second-order valence-corrected chi connectivity index (χ2v) is 5.31. The minimum absolute atomic E-state index is 0.185. The van der Waals surface area contributed by atoms with Crippen LogP contribution in [0.25, 0.3) is 0 Å². The molecule has 0 radical (unpaired) electrons. The molecule has 0 saturated carbocycles. The van der Waals surface area contributed by atoms with Crippen molar-refractivity contribution in [3.05, 3.63) is 12.7 Å². The van der Waals surface area contributed by atoms with Crippen molar-refractivity contribution < 1.29 is 38.0 Å². The van der Waals surface area contributed by atoms with Crippen molar-refractivity contribution in [1.82, 2.24) is 0 Å². The van der Waals surface area contributed by atoms with Crippen LogP contribution in [0.4, 0.5) is 0 Å². The predicted molar refractivity (Wildman–Crippen MR) is 76.2 cm³/mol. The first-order valence-corrected chi connectivity index (χ1v) is 7.41. The Bertz CT molecular complexity index is 451. The van der Waals surface area contributed by atoms with E-state index in [0.717, 1.165) is 0 Å². The summed E-state index contributed by atoms with van der Waals surface area (Å²) in [7, 11) is 0. The molecular formula is C15H22O8. The molecule has 0 amide bonds. The second-order valence-electron chi connectivity index (χ2n) is 5.31. The van der Waals surface area contributed by atoms with Gasteiger partial charge in [0.2, 0.25) is 0 Å². The van der Waals surface area contributed by atoms with E-state index in [2.05, 4.69) is 6.58 Å². The van der Waals surface area contributed by atoms with Gasteiger partial charge in [0.05, 0.1) is 13.2 Å². The molecule has 8 heteroatoms. The number of carbonyl (C=O) groups is 2. The van der Waals surface area contributed by atoms with Crippen molar-refractivity contribution >= 4 is 11.9 Å². The van der Waals surface area contributed by atoms with Gasteiger partial charge in [0, 0.05) is 13.8 Å². The fraction of sp³-hybridized carbons (Fsp3) is 0.733. The molecule has 0 aliphatic carbocycles. The predicted octanol–water partition coefficient (Wildman–Crippen LogP) is 0.539. The van der Waals surface area contributed by atoms with E-state index in [-0.39, 0.29) is 13.2 Å². The molecule has 0 spiro atoms. The molecule has 0 aromatic carbocycles. The van der Waals surface area contributed by atoms with Gasteiger partial charge >= 0.3 is 11.9 Å². The zero-order chi connectivity index (χ0) is 17.0. The molecule has 0 aromatic heterocycles. The quantitative estimate of drug-likeness (QED) is 0.533. The maximum atomic E-state index is 11.5. The van der Waals surface area contributed by atoms with Gasteiger partial charge in [-0.3, -0.25) is 9.59 Å². The summed E-state index contributed by atoms with van der Waals surface area (Å²) in [5.74, 6) is -1.06. The summed E-state index contributed by atoms with van der Waals surface area (Å²) in [5.41, 5.74) is 0. The van der Waals surface area contributed by atoms with E-state index in [1.807, 2.05) is 0 Å². The molecular weight excluding hydrogens is 308 g/mol. The highest BCUT2D eigenvalue weighted by atomic mass is 16.8. The Labute approximate surface area is 134 Å². The molecule has 2 heterocycles. The molecule has 23 heavy (non-hydrogen) atoms. The van der Waals surface area contributed by atoms with Gasteiger partial charge in [0.1, 0.15) is 12.2 Å². The van der Waals surface area contributed by atoms with Gasteiger partial charge in [-0.05, 0) is 6.92 Å². The fourth-order valence-corrected chi connectivity index (χ4v) is 2.61. The van der Waals surface area contributed by atoms with Gasteiger partial charge in [-0.25, -0.2) is 0 Å². The van der Waals surface area contributed by atoms with Crippen molar-refractivity contribution in [2.45, 2.75) is 57.8 Å². The SMILES string of the molecule is C=CCO[C@@H]1O[C@@H]2COC(C)O[C@H]2[C@H](OC(C)=O)[C@H]1OC(C)=O. The fourth-order valence-electron chi connectivity index (χ4n) is 2.61. The normalized spacial score (nSPS) is 36.7. The third-order valence-electron chi connectivity index (χ3n) is 3.42. The van der Waals surface area contributed by atoms with E-state index in [0.29, 0.717) is 0 Å². The van der Waals surface area contributed by atoms with Gasteiger partial charge in [-0.1, -0.05) is 6.08 Å². The minimum Gasteiger partial charge on any atom is -0.455 e. The van der Waals surface area contributed by atoms with Gasteiger partial charge in [0.15, 0.2) is 24.8 Å². The molecule has 2 fully saturated rings. The number of hydrogen-bond acceptors (Lipinski definition) is 8. The molecule has 1 unspecified atom stereocenters. The first-order chi connectivity index (χ1) is 10.9. The molecule has 0 aromatic rings. The van der Waals surface area contributed by atoms with Gasteiger partial charge in [0.25, 0.3) is 0 Å². The molecule has 6 atom stereocenters. The summed E-state index contributed by atoms with van der Waals surface area (Å²) >= 11 is 0. The molecule has 2 saturated heterocycles. The zero-order valence-electron chi connectivity index (χ0n) is 13.4. The molecule has 0 N–H and O–H groups in total. The largest absolute Gasteiger partial charge is 0.455 e. The highest BCUT2D eigenvalue weighted by molar-refractivity contribution is 5.67. The van der Waals surface area contributed by atoms with Crippen LogP contribution < -0.4 is 0 Å². The molecule has 2 aliphatic rings. The van der Waals surface area contributed by atoms with E-state index in [4.69, 9.17) is 28.4 Å². The Morgan fingerprint density at radius 2 is 1.83 bits per heavy atom. The molecule has 130 valence electrons. The lowest BCUT2D eigenvalue weighted by atomic mass is 9.97. The molecule has 2 rings (SSSR count). The van der Waals surface area contributed by atoms with Crippen LogP contribution >= 0.6 is 0 Å². The van der Waals surface area contributed by atoms with Crippen LogP contribution in [0.3, 0.4) is 0 Å².